The number of carbonyl (C=O) groups is 1. The fraction of sp³-hybridized carbons (Fsp3) is 0. The van der Waals surface area contributed by atoms with Gasteiger partial charge in [0.25, 0.3) is 0 Å². The van der Waals surface area contributed by atoms with Gasteiger partial charge < -0.3 is 16.3 Å². The summed E-state index contributed by atoms with van der Waals surface area (Å²) in [6.45, 7) is 0. The molecular formula is C12H10Cl2N4O2S2. The zero-order valence-electron chi connectivity index (χ0n) is 10.8. The molecule has 0 aliphatic heterocycles. The maximum atomic E-state index is 10.9. The van der Waals surface area contributed by atoms with Gasteiger partial charge in [-0.15, -0.1) is 11.3 Å². The summed E-state index contributed by atoms with van der Waals surface area (Å²) >= 11 is 14.2. The number of halogens is 2. The molecule has 0 saturated carbocycles. The number of carboxylic acids is 1. The smallest absolute Gasteiger partial charge is 0.356 e. The number of hydrogen-bond donors (Lipinski definition) is 4. The topological polar surface area (TPSA) is 114 Å². The van der Waals surface area contributed by atoms with Crippen molar-refractivity contribution in [3.63, 3.8) is 0 Å². The summed E-state index contributed by atoms with van der Waals surface area (Å²) in [6.07, 6.45) is 0. The van der Waals surface area contributed by atoms with Crippen LogP contribution in [0.15, 0.2) is 38.6 Å². The van der Waals surface area contributed by atoms with Gasteiger partial charge in [0.2, 0.25) is 0 Å². The van der Waals surface area contributed by atoms with Crippen LogP contribution in [0.1, 0.15) is 0 Å². The van der Waals surface area contributed by atoms with Crippen LogP contribution in [0.25, 0.3) is 11.3 Å². The fourth-order valence-electron chi connectivity index (χ4n) is 1.48. The minimum Gasteiger partial charge on any atom is -0.476 e. The SMILES string of the molecule is NN/C(C(=O)O)=C(\N)Sc1nc(-c2ccc(Cl)c(Cl)c2)cs1. The number of hydrogen-bond acceptors (Lipinski definition) is 7. The highest BCUT2D eigenvalue weighted by molar-refractivity contribution is 8.04. The molecule has 2 aromatic rings. The third-order valence-corrected chi connectivity index (χ3v) is 5.10. The Morgan fingerprint density at radius 3 is 2.68 bits per heavy atom. The Hall–Kier alpha value is -1.45. The van der Waals surface area contributed by atoms with Crippen molar-refractivity contribution in [2.75, 3.05) is 0 Å². The van der Waals surface area contributed by atoms with Crippen LogP contribution < -0.4 is 17.0 Å². The van der Waals surface area contributed by atoms with Crippen molar-refractivity contribution in [2.45, 2.75) is 4.34 Å². The van der Waals surface area contributed by atoms with Gasteiger partial charge in [0.05, 0.1) is 15.7 Å². The molecule has 0 amide bonds. The molecule has 1 heterocycles. The predicted octanol–water partition coefficient (Wildman–Crippen LogP) is 2.88. The van der Waals surface area contributed by atoms with Crippen molar-refractivity contribution < 1.29 is 9.90 Å². The number of nitrogens with zero attached hydrogens (tertiary/aromatic N) is 1. The summed E-state index contributed by atoms with van der Waals surface area (Å²) in [5.74, 6) is 3.89. The molecular weight excluding hydrogens is 367 g/mol. The van der Waals surface area contributed by atoms with Crippen molar-refractivity contribution >= 4 is 52.3 Å². The van der Waals surface area contributed by atoms with Crippen molar-refractivity contribution in [1.29, 1.82) is 0 Å². The van der Waals surface area contributed by atoms with Crippen molar-refractivity contribution in [3.05, 3.63) is 44.4 Å². The van der Waals surface area contributed by atoms with Crippen LogP contribution in [-0.4, -0.2) is 16.1 Å². The Labute approximate surface area is 144 Å². The van der Waals surface area contributed by atoms with Crippen LogP contribution in [0.2, 0.25) is 10.0 Å². The average Bonchev–Trinajstić information content (AvgIpc) is 2.90. The first-order valence-corrected chi connectivity index (χ1v) is 8.16. The minimum atomic E-state index is -1.24. The molecule has 0 spiro atoms. The van der Waals surface area contributed by atoms with E-state index in [9.17, 15) is 4.79 Å². The molecule has 0 unspecified atom stereocenters. The van der Waals surface area contributed by atoms with E-state index in [2.05, 4.69) is 10.4 Å². The molecule has 6 nitrogen and oxygen atoms in total. The lowest BCUT2D eigenvalue weighted by molar-refractivity contribution is -0.133. The van der Waals surface area contributed by atoms with E-state index in [1.165, 1.54) is 11.3 Å². The van der Waals surface area contributed by atoms with Gasteiger partial charge in [-0.05, 0) is 23.9 Å². The number of rotatable bonds is 5. The van der Waals surface area contributed by atoms with Crippen molar-refractivity contribution in [3.8, 4) is 11.3 Å². The lowest BCUT2D eigenvalue weighted by Crippen LogP contribution is -2.29. The first-order valence-electron chi connectivity index (χ1n) is 5.71. The lowest BCUT2D eigenvalue weighted by Gasteiger charge is -2.04. The number of nitrogens with one attached hydrogen (secondary N) is 1. The summed E-state index contributed by atoms with van der Waals surface area (Å²) in [5, 5.41) is 11.6. The highest BCUT2D eigenvalue weighted by atomic mass is 35.5. The molecule has 6 N–H and O–H groups in total. The van der Waals surface area contributed by atoms with Gasteiger partial charge in [-0.1, -0.05) is 29.3 Å². The van der Waals surface area contributed by atoms with Gasteiger partial charge in [-0.25, -0.2) is 9.78 Å². The summed E-state index contributed by atoms with van der Waals surface area (Å²) in [7, 11) is 0. The van der Waals surface area contributed by atoms with E-state index in [4.69, 9.17) is 39.9 Å². The van der Waals surface area contributed by atoms with Crippen LogP contribution in [-0.2, 0) is 4.79 Å². The van der Waals surface area contributed by atoms with E-state index in [-0.39, 0.29) is 10.7 Å². The zero-order valence-corrected chi connectivity index (χ0v) is 14.0. The summed E-state index contributed by atoms with van der Waals surface area (Å²) in [4.78, 5) is 15.3. The van der Waals surface area contributed by atoms with E-state index in [0.29, 0.717) is 20.1 Å². The molecule has 0 fully saturated rings. The number of hydrazine groups is 1. The van der Waals surface area contributed by atoms with Gasteiger partial charge in [0, 0.05) is 10.9 Å². The van der Waals surface area contributed by atoms with Gasteiger partial charge in [0.1, 0.15) is 5.03 Å². The lowest BCUT2D eigenvalue weighted by atomic mass is 10.2. The largest absolute Gasteiger partial charge is 0.476 e. The molecule has 0 atom stereocenters. The second-order valence-electron chi connectivity index (χ2n) is 3.92. The molecule has 2 rings (SSSR count). The first kappa shape index (κ1) is 16.9. The van der Waals surface area contributed by atoms with Crippen LogP contribution in [0.4, 0.5) is 0 Å². The molecule has 1 aromatic heterocycles. The summed E-state index contributed by atoms with van der Waals surface area (Å²) in [5.41, 5.74) is 8.96. The van der Waals surface area contributed by atoms with E-state index in [0.717, 1.165) is 17.3 Å². The Bertz CT molecular complexity index is 748. The molecule has 0 bridgehead atoms. The van der Waals surface area contributed by atoms with Crippen LogP contribution in [0.3, 0.4) is 0 Å². The normalized spacial score (nSPS) is 12.0. The monoisotopic (exact) mass is 376 g/mol. The summed E-state index contributed by atoms with van der Waals surface area (Å²) < 4.78 is 0.576. The van der Waals surface area contributed by atoms with E-state index in [1.807, 2.05) is 5.38 Å². The van der Waals surface area contributed by atoms with Crippen molar-refractivity contribution in [2.24, 2.45) is 11.6 Å². The van der Waals surface area contributed by atoms with Crippen LogP contribution >= 0.6 is 46.3 Å². The Kier molecular flexibility index (Phi) is 5.54. The molecule has 0 aliphatic carbocycles. The first-order chi connectivity index (χ1) is 10.4. The van der Waals surface area contributed by atoms with Gasteiger partial charge in [0.15, 0.2) is 10.0 Å². The maximum Gasteiger partial charge on any atom is 0.356 e. The number of thiazole rings is 1. The zero-order chi connectivity index (χ0) is 16.3. The third-order valence-electron chi connectivity index (χ3n) is 2.50. The molecule has 116 valence electrons. The maximum absolute atomic E-state index is 10.9. The van der Waals surface area contributed by atoms with Crippen LogP contribution in [0, 0.1) is 0 Å². The van der Waals surface area contributed by atoms with E-state index < -0.39 is 5.97 Å². The quantitative estimate of drug-likeness (QED) is 0.274. The predicted molar refractivity (Wildman–Crippen MR) is 89.6 cm³/mol. The van der Waals surface area contributed by atoms with Crippen LogP contribution in [0.5, 0.6) is 0 Å². The van der Waals surface area contributed by atoms with Crippen molar-refractivity contribution in [1.82, 2.24) is 10.4 Å². The highest BCUT2D eigenvalue weighted by Gasteiger charge is 2.14. The Morgan fingerprint density at radius 1 is 1.36 bits per heavy atom. The standard InChI is InChI=1S/C12H10Cl2N4O2S2/c13-6-2-1-5(3-7(6)14)8-4-21-12(17-8)22-10(15)9(18-16)11(19)20/h1-4,18H,15-16H2,(H,19,20)/b10-9+. The molecule has 1 aromatic carbocycles. The Balaban J connectivity index is 2.25. The second-order valence-corrected chi connectivity index (χ2v) is 6.88. The fourth-order valence-corrected chi connectivity index (χ4v) is 3.51. The van der Waals surface area contributed by atoms with Gasteiger partial charge in [-0.3, -0.25) is 5.84 Å². The number of thioether (sulfide) groups is 1. The third kappa shape index (κ3) is 3.84. The van der Waals surface area contributed by atoms with Gasteiger partial charge in [-0.2, -0.15) is 0 Å². The average molecular weight is 377 g/mol. The van der Waals surface area contributed by atoms with E-state index in [1.54, 1.807) is 18.2 Å². The van der Waals surface area contributed by atoms with Gasteiger partial charge >= 0.3 is 5.97 Å². The number of benzene rings is 1. The number of nitrogens with two attached hydrogens (primary N) is 2. The second kappa shape index (κ2) is 7.21. The molecule has 0 aliphatic rings. The number of carboxylic acid groups (broad SMARTS) is 1. The van der Waals surface area contributed by atoms with E-state index >= 15 is 0 Å². The number of aliphatic carboxylic acids is 1. The highest BCUT2D eigenvalue weighted by Crippen LogP contribution is 2.33. The number of aromatic nitrogens is 1. The molecule has 10 heteroatoms. The molecule has 0 radical (unpaired) electrons. The minimum absolute atomic E-state index is 0.0186. The molecule has 0 saturated heterocycles. The summed E-state index contributed by atoms with van der Waals surface area (Å²) in [6, 6.07) is 5.18. The Morgan fingerprint density at radius 2 is 2.09 bits per heavy atom. The molecule has 22 heavy (non-hydrogen) atoms.